The minimum Gasteiger partial charge on any atom is -0.340 e. The minimum absolute atomic E-state index is 0.106. The summed E-state index contributed by atoms with van der Waals surface area (Å²) in [5, 5.41) is 9.80. The Hall–Kier alpha value is -3.00. The fourth-order valence-electron chi connectivity index (χ4n) is 5.48. The molecule has 1 aliphatic carbocycles. The molecule has 1 amide bonds. The van der Waals surface area contributed by atoms with E-state index >= 15 is 0 Å². The Morgan fingerprint density at radius 3 is 2.69 bits per heavy atom. The van der Waals surface area contributed by atoms with Crippen molar-refractivity contribution in [2.75, 3.05) is 18.0 Å². The van der Waals surface area contributed by atoms with Crippen molar-refractivity contribution >= 4 is 23.5 Å². The number of halogens is 1. The van der Waals surface area contributed by atoms with Gasteiger partial charge in [-0.25, -0.2) is 9.97 Å². The Kier molecular flexibility index (Phi) is 4.47. The summed E-state index contributed by atoms with van der Waals surface area (Å²) in [6, 6.07) is 7.73. The first kappa shape index (κ1) is 19.7. The largest absolute Gasteiger partial charge is 0.340 e. The molecule has 164 valence electrons. The van der Waals surface area contributed by atoms with Gasteiger partial charge in [-0.2, -0.15) is 0 Å². The molecule has 2 aliphatic heterocycles. The highest BCUT2D eigenvalue weighted by molar-refractivity contribution is 6.30. The molecule has 32 heavy (non-hydrogen) atoms. The number of rotatable bonds is 3. The summed E-state index contributed by atoms with van der Waals surface area (Å²) in [4.78, 5) is 25.4. The van der Waals surface area contributed by atoms with E-state index in [4.69, 9.17) is 11.6 Å². The third-order valence-electron chi connectivity index (χ3n) is 7.00. The van der Waals surface area contributed by atoms with Gasteiger partial charge < -0.3 is 9.80 Å². The molecular formula is C23H24ClN7O. The van der Waals surface area contributed by atoms with Crippen LogP contribution in [0, 0.1) is 5.41 Å². The second-order valence-electron chi connectivity index (χ2n) is 9.20. The van der Waals surface area contributed by atoms with Crippen molar-refractivity contribution in [2.24, 2.45) is 5.41 Å². The molecule has 6 rings (SSSR count). The van der Waals surface area contributed by atoms with Crippen LogP contribution in [0.2, 0.25) is 5.02 Å². The van der Waals surface area contributed by atoms with Gasteiger partial charge in [0.1, 0.15) is 5.82 Å². The number of amides is 1. The Bertz CT molecular complexity index is 1180. The van der Waals surface area contributed by atoms with Crippen molar-refractivity contribution in [1.82, 2.24) is 29.6 Å². The van der Waals surface area contributed by atoms with Crippen molar-refractivity contribution in [3.8, 4) is 5.69 Å². The highest BCUT2D eigenvalue weighted by Gasteiger charge is 2.54. The molecular weight excluding hydrogens is 426 g/mol. The van der Waals surface area contributed by atoms with Gasteiger partial charge in [0.15, 0.2) is 5.82 Å². The number of hydrogen-bond donors (Lipinski definition) is 0. The van der Waals surface area contributed by atoms with Gasteiger partial charge in [0.2, 0.25) is 11.9 Å². The summed E-state index contributed by atoms with van der Waals surface area (Å²) in [5.74, 6) is 3.08. The zero-order valence-electron chi connectivity index (χ0n) is 17.9. The Morgan fingerprint density at radius 2 is 1.94 bits per heavy atom. The molecule has 2 fully saturated rings. The molecule has 3 aliphatic rings. The predicted octanol–water partition coefficient (Wildman–Crippen LogP) is 3.35. The first-order chi connectivity index (χ1) is 15.5. The second-order valence-corrected chi connectivity index (χ2v) is 9.63. The fraction of sp³-hybridized carbons (Fsp3) is 0.435. The van der Waals surface area contributed by atoms with Gasteiger partial charge in [0.25, 0.3) is 0 Å². The van der Waals surface area contributed by atoms with Crippen LogP contribution in [0.15, 0.2) is 36.7 Å². The zero-order valence-corrected chi connectivity index (χ0v) is 18.7. The van der Waals surface area contributed by atoms with Crippen LogP contribution in [0.1, 0.15) is 49.3 Å². The van der Waals surface area contributed by atoms with Gasteiger partial charge in [-0.05, 0) is 42.7 Å². The molecule has 9 heteroatoms. The van der Waals surface area contributed by atoms with Crippen LogP contribution in [0.5, 0.6) is 0 Å². The SMILES string of the molecule is CCC(=O)N1Cc2cc(Cl)ccc2-n2c(nnc2C2CC3(C2)CN(c2ncccn2)C3)C1. The van der Waals surface area contributed by atoms with Crippen LogP contribution >= 0.6 is 11.6 Å². The molecule has 0 atom stereocenters. The van der Waals surface area contributed by atoms with Crippen molar-refractivity contribution in [3.05, 3.63) is 58.9 Å². The number of anilines is 1. The first-order valence-corrected chi connectivity index (χ1v) is 11.5. The Labute approximate surface area is 191 Å². The molecule has 0 bridgehead atoms. The maximum absolute atomic E-state index is 12.5. The van der Waals surface area contributed by atoms with E-state index in [-0.39, 0.29) is 5.91 Å². The number of carbonyl (C=O) groups is 1. The summed E-state index contributed by atoms with van der Waals surface area (Å²) in [6.07, 6.45) is 6.20. The lowest BCUT2D eigenvalue weighted by Crippen LogP contribution is -2.62. The fourth-order valence-corrected chi connectivity index (χ4v) is 5.67. The molecule has 8 nitrogen and oxygen atoms in total. The molecule has 1 spiro atoms. The normalized spacial score (nSPS) is 19.1. The molecule has 1 saturated carbocycles. The topological polar surface area (TPSA) is 80.0 Å². The number of aromatic nitrogens is 5. The van der Waals surface area contributed by atoms with Crippen molar-refractivity contribution in [2.45, 2.75) is 45.2 Å². The van der Waals surface area contributed by atoms with E-state index in [9.17, 15) is 4.79 Å². The standard InChI is InChI=1S/C23H24ClN7O/c1-2-20(32)29-11-15-8-17(24)4-5-18(15)31-19(12-29)27-28-21(31)16-9-23(10-16)13-30(14-23)22-25-6-3-7-26-22/h3-8,16H,2,9-14H2,1H3. The van der Waals surface area contributed by atoms with Gasteiger partial charge in [0, 0.05) is 54.8 Å². The average Bonchev–Trinajstić information content (AvgIpc) is 3.07. The summed E-state index contributed by atoms with van der Waals surface area (Å²) >= 11 is 6.30. The van der Waals surface area contributed by atoms with Gasteiger partial charge in [-0.1, -0.05) is 18.5 Å². The second kappa shape index (κ2) is 7.27. The average molecular weight is 450 g/mol. The highest BCUT2D eigenvalue weighted by Crippen LogP contribution is 2.56. The number of hydrogen-bond acceptors (Lipinski definition) is 6. The molecule has 0 N–H and O–H groups in total. The molecule has 0 unspecified atom stereocenters. The summed E-state index contributed by atoms with van der Waals surface area (Å²) in [7, 11) is 0. The van der Waals surface area contributed by atoms with Crippen LogP contribution in [-0.2, 0) is 17.9 Å². The van der Waals surface area contributed by atoms with Crippen molar-refractivity contribution < 1.29 is 4.79 Å². The summed E-state index contributed by atoms with van der Waals surface area (Å²) in [6.45, 7) is 4.85. The molecule has 1 aromatic carbocycles. The van der Waals surface area contributed by atoms with Crippen LogP contribution in [0.3, 0.4) is 0 Å². The number of fused-ring (bicyclic) bond motifs is 3. The van der Waals surface area contributed by atoms with Crippen LogP contribution in [0.25, 0.3) is 5.69 Å². The molecule has 1 saturated heterocycles. The highest BCUT2D eigenvalue weighted by atomic mass is 35.5. The molecule has 4 heterocycles. The minimum atomic E-state index is 0.106. The van der Waals surface area contributed by atoms with E-state index in [1.807, 2.05) is 36.1 Å². The van der Waals surface area contributed by atoms with Gasteiger partial charge >= 0.3 is 0 Å². The number of carbonyl (C=O) groups excluding carboxylic acids is 1. The zero-order chi connectivity index (χ0) is 21.9. The van der Waals surface area contributed by atoms with E-state index in [1.54, 1.807) is 12.4 Å². The maximum Gasteiger partial charge on any atom is 0.225 e. The van der Waals surface area contributed by atoms with E-state index in [0.29, 0.717) is 35.9 Å². The number of benzene rings is 1. The smallest absolute Gasteiger partial charge is 0.225 e. The first-order valence-electron chi connectivity index (χ1n) is 11.1. The summed E-state index contributed by atoms with van der Waals surface area (Å²) in [5.41, 5.74) is 2.38. The van der Waals surface area contributed by atoms with Gasteiger partial charge in [0.05, 0.1) is 12.2 Å². The molecule has 3 aromatic rings. The van der Waals surface area contributed by atoms with Crippen LogP contribution in [-0.4, -0.2) is 48.6 Å². The van der Waals surface area contributed by atoms with Crippen molar-refractivity contribution in [1.29, 1.82) is 0 Å². The third kappa shape index (κ3) is 3.08. The van der Waals surface area contributed by atoms with Gasteiger partial charge in [-0.3, -0.25) is 9.36 Å². The van der Waals surface area contributed by atoms with E-state index in [0.717, 1.165) is 54.8 Å². The van der Waals surface area contributed by atoms with E-state index < -0.39 is 0 Å². The van der Waals surface area contributed by atoms with Crippen LogP contribution in [0.4, 0.5) is 5.95 Å². The molecule has 2 aromatic heterocycles. The quantitative estimate of drug-likeness (QED) is 0.610. The lowest BCUT2D eigenvalue weighted by Gasteiger charge is -2.58. The van der Waals surface area contributed by atoms with Crippen molar-refractivity contribution in [3.63, 3.8) is 0 Å². The maximum atomic E-state index is 12.5. The monoisotopic (exact) mass is 449 g/mol. The van der Waals surface area contributed by atoms with Crippen LogP contribution < -0.4 is 4.90 Å². The third-order valence-corrected chi connectivity index (χ3v) is 7.23. The molecule has 0 radical (unpaired) electrons. The van der Waals surface area contributed by atoms with Gasteiger partial charge in [-0.15, -0.1) is 10.2 Å². The Morgan fingerprint density at radius 1 is 1.16 bits per heavy atom. The summed E-state index contributed by atoms with van der Waals surface area (Å²) < 4.78 is 2.17. The van der Waals surface area contributed by atoms with E-state index in [1.165, 1.54) is 0 Å². The lowest BCUT2D eigenvalue weighted by atomic mass is 9.57. The van der Waals surface area contributed by atoms with E-state index in [2.05, 4.69) is 29.6 Å². The lowest BCUT2D eigenvalue weighted by molar-refractivity contribution is -0.132. The predicted molar refractivity (Wildman–Crippen MR) is 120 cm³/mol. The number of nitrogens with zero attached hydrogens (tertiary/aromatic N) is 7. The Balaban J connectivity index is 1.27.